The number of hydrogen-bond donors (Lipinski definition) is 1. The number of hydrogen-bond acceptors (Lipinski definition) is 3. The maximum Gasteiger partial charge on any atom is 0.258 e. The van der Waals surface area contributed by atoms with Crippen LogP contribution < -0.4 is 10.1 Å². The highest BCUT2D eigenvalue weighted by molar-refractivity contribution is 6.02. The maximum atomic E-state index is 13.5. The molecule has 4 heteroatoms. The average molecular weight is 417 g/mol. The van der Waals surface area contributed by atoms with E-state index < -0.39 is 0 Å². The summed E-state index contributed by atoms with van der Waals surface area (Å²) in [5.74, 6) is 0.904. The van der Waals surface area contributed by atoms with Crippen molar-refractivity contribution in [2.75, 3.05) is 11.9 Å². The summed E-state index contributed by atoms with van der Waals surface area (Å²) in [5, 5.41) is 5.90. The summed E-state index contributed by atoms with van der Waals surface area (Å²) >= 11 is 0. The number of benzene rings is 3. The highest BCUT2D eigenvalue weighted by Gasteiger charge is 2.36. The van der Waals surface area contributed by atoms with Gasteiger partial charge in [-0.05, 0) is 49.2 Å². The number of rotatable bonds is 8. The van der Waals surface area contributed by atoms with E-state index in [9.17, 15) is 4.79 Å². The van der Waals surface area contributed by atoms with Crippen LogP contribution in [-0.4, -0.2) is 23.5 Å². The molecule has 1 unspecified atom stereocenters. The topological polar surface area (TPSA) is 41.6 Å². The van der Waals surface area contributed by atoms with Crippen LogP contribution in [0.4, 0.5) is 5.69 Å². The van der Waals surface area contributed by atoms with Gasteiger partial charge in [0, 0.05) is 17.3 Å². The fourth-order valence-corrected chi connectivity index (χ4v) is 4.41. The quantitative estimate of drug-likeness (QED) is 0.412. The Morgan fingerprint density at radius 2 is 1.74 bits per heavy atom. The van der Waals surface area contributed by atoms with E-state index in [2.05, 4.69) is 56.4 Å². The van der Waals surface area contributed by atoms with E-state index in [0.717, 1.165) is 39.8 Å². The van der Waals surface area contributed by atoms with E-state index in [1.165, 1.54) is 19.3 Å². The number of para-hydroxylation sites is 1. The molecule has 1 heterocycles. The van der Waals surface area contributed by atoms with Gasteiger partial charge in [0.25, 0.3) is 5.91 Å². The van der Waals surface area contributed by atoms with Gasteiger partial charge in [-0.1, -0.05) is 68.7 Å². The third-order valence-corrected chi connectivity index (χ3v) is 5.98. The van der Waals surface area contributed by atoms with Crippen LogP contribution in [-0.2, 0) is 0 Å². The number of carbonyl (C=O) groups is 1. The number of fused-ring (bicyclic) bond motifs is 2. The van der Waals surface area contributed by atoms with E-state index in [-0.39, 0.29) is 18.1 Å². The van der Waals surface area contributed by atoms with Crippen molar-refractivity contribution < 1.29 is 9.53 Å². The Hall–Kier alpha value is -3.01. The minimum absolute atomic E-state index is 0.0368. The van der Waals surface area contributed by atoms with Gasteiger partial charge in [0.2, 0.25) is 0 Å². The molecule has 1 aliphatic rings. The van der Waals surface area contributed by atoms with Gasteiger partial charge >= 0.3 is 0 Å². The van der Waals surface area contributed by atoms with Crippen LogP contribution >= 0.6 is 0 Å². The van der Waals surface area contributed by atoms with Gasteiger partial charge in [-0.3, -0.25) is 4.79 Å². The Labute approximate surface area is 185 Å². The molecule has 1 atom stereocenters. The number of carbonyl (C=O) groups excluding carboxylic acids is 1. The van der Waals surface area contributed by atoms with Gasteiger partial charge in [-0.2, -0.15) is 0 Å². The fraction of sp³-hybridized carbons (Fsp3) is 0.370. The second-order valence-corrected chi connectivity index (χ2v) is 8.51. The minimum Gasteiger partial charge on any atom is -0.493 e. The lowest BCUT2D eigenvalue weighted by atomic mass is 9.96. The highest BCUT2D eigenvalue weighted by Crippen LogP contribution is 2.41. The molecular weight excluding hydrogens is 384 g/mol. The van der Waals surface area contributed by atoms with Gasteiger partial charge in [-0.15, -0.1) is 0 Å². The number of anilines is 1. The van der Waals surface area contributed by atoms with Crippen LogP contribution in [0, 0.1) is 0 Å². The summed E-state index contributed by atoms with van der Waals surface area (Å²) in [6.07, 6.45) is 4.35. The van der Waals surface area contributed by atoms with Crippen molar-refractivity contribution in [3.63, 3.8) is 0 Å². The third kappa shape index (κ3) is 4.25. The summed E-state index contributed by atoms with van der Waals surface area (Å²) in [4.78, 5) is 15.4. The lowest BCUT2D eigenvalue weighted by Gasteiger charge is -2.41. The molecule has 0 spiro atoms. The van der Waals surface area contributed by atoms with Crippen molar-refractivity contribution in [1.82, 2.24) is 4.90 Å². The van der Waals surface area contributed by atoms with Crippen LogP contribution in [0.2, 0.25) is 0 Å². The van der Waals surface area contributed by atoms with E-state index >= 15 is 0 Å². The number of nitrogens with one attached hydrogen (secondary N) is 1. The lowest BCUT2D eigenvalue weighted by molar-refractivity contribution is 0.0615. The molecule has 1 N–H and O–H groups in total. The smallest absolute Gasteiger partial charge is 0.258 e. The van der Waals surface area contributed by atoms with Crippen LogP contribution in [0.1, 0.15) is 68.5 Å². The molecule has 0 bridgehead atoms. The molecule has 162 valence electrons. The van der Waals surface area contributed by atoms with Crippen molar-refractivity contribution in [3.8, 4) is 5.75 Å². The third-order valence-electron chi connectivity index (χ3n) is 5.98. The van der Waals surface area contributed by atoms with Crippen molar-refractivity contribution in [1.29, 1.82) is 0 Å². The number of nitrogens with zero attached hydrogens (tertiary/aromatic N) is 1. The second kappa shape index (κ2) is 9.42. The van der Waals surface area contributed by atoms with Crippen molar-refractivity contribution in [3.05, 3.63) is 71.8 Å². The minimum atomic E-state index is -0.292. The highest BCUT2D eigenvalue weighted by atomic mass is 16.5. The molecule has 0 saturated carbocycles. The largest absolute Gasteiger partial charge is 0.493 e. The van der Waals surface area contributed by atoms with E-state index in [4.69, 9.17) is 4.74 Å². The van der Waals surface area contributed by atoms with Crippen molar-refractivity contribution in [2.45, 2.75) is 58.7 Å². The molecule has 0 aromatic heterocycles. The monoisotopic (exact) mass is 416 g/mol. The Bertz CT molecular complexity index is 1060. The van der Waals surface area contributed by atoms with Crippen molar-refractivity contribution in [2.24, 2.45) is 0 Å². The lowest BCUT2D eigenvalue weighted by Crippen LogP contribution is -2.46. The SMILES string of the molecule is CCCCCCOc1ccc2ccccc2c1C1Nc2ccccc2C(=O)N1C(C)C. The molecule has 4 nitrogen and oxygen atoms in total. The zero-order valence-corrected chi connectivity index (χ0v) is 18.7. The van der Waals surface area contributed by atoms with Crippen LogP contribution in [0.5, 0.6) is 5.75 Å². The first-order chi connectivity index (χ1) is 15.1. The van der Waals surface area contributed by atoms with Gasteiger partial charge in [0.15, 0.2) is 0 Å². The standard InChI is InChI=1S/C27H32N2O2/c1-4-5-6-11-18-31-24-17-16-20-12-7-8-13-21(20)25(24)26-28-23-15-10-9-14-22(23)27(30)29(26)19(2)3/h7-10,12-17,19,26,28H,4-6,11,18H2,1-3H3. The number of unbranched alkanes of at least 4 members (excludes halogenated alkanes) is 3. The molecule has 4 rings (SSSR count). The average Bonchev–Trinajstić information content (AvgIpc) is 2.78. The van der Waals surface area contributed by atoms with Crippen molar-refractivity contribution >= 4 is 22.4 Å². The van der Waals surface area contributed by atoms with Gasteiger partial charge in [-0.25, -0.2) is 0 Å². The Balaban J connectivity index is 1.79. The fourth-order valence-electron chi connectivity index (χ4n) is 4.41. The molecule has 3 aromatic rings. The van der Waals surface area contributed by atoms with E-state index in [1.807, 2.05) is 35.2 Å². The zero-order chi connectivity index (χ0) is 21.8. The Morgan fingerprint density at radius 1 is 0.968 bits per heavy atom. The van der Waals surface area contributed by atoms with Crippen LogP contribution in [0.3, 0.4) is 0 Å². The molecule has 31 heavy (non-hydrogen) atoms. The first-order valence-electron chi connectivity index (χ1n) is 11.4. The van der Waals surface area contributed by atoms with Gasteiger partial charge in [0.05, 0.1) is 12.2 Å². The molecule has 0 saturated heterocycles. The molecule has 0 fully saturated rings. The van der Waals surface area contributed by atoms with E-state index in [0.29, 0.717) is 6.61 Å². The summed E-state index contributed by atoms with van der Waals surface area (Å²) in [7, 11) is 0. The van der Waals surface area contributed by atoms with Crippen LogP contribution in [0.25, 0.3) is 10.8 Å². The normalized spacial score (nSPS) is 15.8. The number of ether oxygens (including phenoxy) is 1. The number of amides is 1. The maximum absolute atomic E-state index is 13.5. The first kappa shape index (κ1) is 21.2. The zero-order valence-electron chi connectivity index (χ0n) is 18.7. The predicted molar refractivity (Wildman–Crippen MR) is 128 cm³/mol. The Kier molecular flexibility index (Phi) is 6.45. The second-order valence-electron chi connectivity index (χ2n) is 8.51. The Morgan fingerprint density at radius 3 is 2.55 bits per heavy atom. The molecule has 1 amide bonds. The summed E-state index contributed by atoms with van der Waals surface area (Å²) in [6, 6.07) is 20.3. The summed E-state index contributed by atoms with van der Waals surface area (Å²) < 4.78 is 6.32. The van der Waals surface area contributed by atoms with E-state index in [1.54, 1.807) is 0 Å². The van der Waals surface area contributed by atoms with Gasteiger partial charge in [0.1, 0.15) is 11.9 Å². The molecule has 3 aromatic carbocycles. The molecule has 0 radical (unpaired) electrons. The predicted octanol–water partition coefficient (Wildman–Crippen LogP) is 6.77. The first-order valence-corrected chi connectivity index (χ1v) is 11.4. The summed E-state index contributed by atoms with van der Waals surface area (Å²) in [6.45, 7) is 7.03. The molecule has 1 aliphatic heterocycles. The summed E-state index contributed by atoms with van der Waals surface area (Å²) in [5.41, 5.74) is 2.62. The van der Waals surface area contributed by atoms with Gasteiger partial charge < -0.3 is 15.0 Å². The van der Waals surface area contributed by atoms with Crippen LogP contribution in [0.15, 0.2) is 60.7 Å². The molecule has 0 aliphatic carbocycles. The molecular formula is C27H32N2O2.